The molecular weight excluding hydrogens is 156 g/mol. The molecule has 0 aromatic heterocycles. The number of likely N-dealkylation sites (N-methyl/N-ethyl adjacent to an activating group) is 1. The van der Waals surface area contributed by atoms with E-state index in [0.29, 0.717) is 12.0 Å². The van der Waals surface area contributed by atoms with Crippen molar-refractivity contribution in [1.29, 1.82) is 0 Å². The zero-order chi connectivity index (χ0) is 9.19. The minimum atomic E-state index is -0.913. The van der Waals surface area contributed by atoms with Crippen molar-refractivity contribution >= 4 is 5.97 Å². The van der Waals surface area contributed by atoms with Crippen molar-refractivity contribution in [2.45, 2.75) is 12.1 Å². The lowest BCUT2D eigenvalue weighted by molar-refractivity contribution is -0.132. The molecule has 4 nitrogen and oxygen atoms in total. The third kappa shape index (κ3) is 1.72. The van der Waals surface area contributed by atoms with Crippen molar-refractivity contribution in [3.05, 3.63) is 23.8 Å². The number of aliphatic carboxylic acids is 1. The highest BCUT2D eigenvalue weighted by Gasteiger charge is 2.21. The Labute approximate surface area is 70.8 Å². The van der Waals surface area contributed by atoms with Crippen LogP contribution in [0.15, 0.2) is 23.8 Å². The number of hydrogen-bond acceptors (Lipinski definition) is 3. The Balaban J connectivity index is 2.74. The fraction of sp³-hybridized carbons (Fsp3) is 0.375. The molecule has 1 aliphatic carbocycles. The third-order valence-electron chi connectivity index (χ3n) is 1.93. The van der Waals surface area contributed by atoms with E-state index in [0.717, 1.165) is 0 Å². The van der Waals surface area contributed by atoms with Crippen molar-refractivity contribution in [2.75, 3.05) is 7.05 Å². The second-order valence-corrected chi connectivity index (χ2v) is 2.79. The summed E-state index contributed by atoms with van der Waals surface area (Å²) in [6.07, 6.45) is 5.29. The number of hydrogen-bond donors (Lipinski definition) is 3. The summed E-state index contributed by atoms with van der Waals surface area (Å²) in [5.74, 6) is -0.913. The Morgan fingerprint density at radius 3 is 2.83 bits per heavy atom. The van der Waals surface area contributed by atoms with Crippen LogP contribution in [0.3, 0.4) is 0 Å². The van der Waals surface area contributed by atoms with Gasteiger partial charge in [0.2, 0.25) is 0 Å². The summed E-state index contributed by atoms with van der Waals surface area (Å²) in [5.41, 5.74) is 5.50. The number of carbonyl (C=O) groups is 1. The molecule has 0 saturated carbocycles. The van der Waals surface area contributed by atoms with Gasteiger partial charge in [-0.2, -0.15) is 0 Å². The van der Waals surface area contributed by atoms with Gasteiger partial charge in [0.25, 0.3) is 0 Å². The summed E-state index contributed by atoms with van der Waals surface area (Å²) in [5, 5.41) is 11.5. The molecule has 66 valence electrons. The first kappa shape index (κ1) is 8.96. The molecule has 1 atom stereocenters. The molecule has 0 aromatic carbocycles. The predicted octanol–water partition coefficient (Wildman–Crippen LogP) is -0.168. The molecular formula is C8H12N2O2. The summed E-state index contributed by atoms with van der Waals surface area (Å²) in [7, 11) is 1.74. The minimum absolute atomic E-state index is 0.298. The second kappa shape index (κ2) is 3.08. The lowest BCUT2D eigenvalue weighted by Gasteiger charge is -2.26. The molecule has 1 aliphatic rings. The molecule has 0 radical (unpaired) electrons. The molecule has 0 bridgehead atoms. The SMILES string of the molecule is CNC1(N)C=CC(C(=O)O)=CC1. The molecule has 0 aromatic rings. The van der Waals surface area contributed by atoms with Gasteiger partial charge in [0.1, 0.15) is 0 Å². The molecule has 4 heteroatoms. The summed E-state index contributed by atoms with van der Waals surface area (Å²) in [4.78, 5) is 10.5. The van der Waals surface area contributed by atoms with Crippen LogP contribution in [0.4, 0.5) is 0 Å². The molecule has 0 spiro atoms. The fourth-order valence-corrected chi connectivity index (χ4v) is 0.997. The largest absolute Gasteiger partial charge is 0.478 e. The van der Waals surface area contributed by atoms with Crippen molar-refractivity contribution in [3.8, 4) is 0 Å². The molecule has 1 unspecified atom stereocenters. The Kier molecular flexibility index (Phi) is 2.30. The maximum atomic E-state index is 10.5. The fourth-order valence-electron chi connectivity index (χ4n) is 0.997. The Hall–Kier alpha value is -1.13. The maximum Gasteiger partial charge on any atom is 0.335 e. The Morgan fingerprint density at radius 1 is 1.83 bits per heavy atom. The Bertz CT molecular complexity index is 258. The highest BCUT2D eigenvalue weighted by molar-refractivity contribution is 5.90. The normalized spacial score (nSPS) is 28.3. The van der Waals surface area contributed by atoms with E-state index in [9.17, 15) is 4.79 Å². The van der Waals surface area contributed by atoms with Crippen LogP contribution in [-0.2, 0) is 4.79 Å². The highest BCUT2D eigenvalue weighted by Crippen LogP contribution is 2.15. The van der Waals surface area contributed by atoms with Crippen LogP contribution >= 0.6 is 0 Å². The molecule has 0 saturated heterocycles. The number of nitrogens with two attached hydrogens (primary N) is 1. The summed E-state index contributed by atoms with van der Waals surface area (Å²) >= 11 is 0. The monoisotopic (exact) mass is 168 g/mol. The number of carboxylic acid groups (broad SMARTS) is 1. The van der Waals surface area contributed by atoms with Gasteiger partial charge in [-0.05, 0) is 19.2 Å². The van der Waals surface area contributed by atoms with Crippen molar-refractivity contribution in [1.82, 2.24) is 5.32 Å². The zero-order valence-corrected chi connectivity index (χ0v) is 6.87. The Morgan fingerprint density at radius 2 is 2.50 bits per heavy atom. The number of nitrogens with one attached hydrogen (secondary N) is 1. The molecule has 0 fully saturated rings. The van der Waals surface area contributed by atoms with Crippen molar-refractivity contribution < 1.29 is 9.90 Å². The molecule has 12 heavy (non-hydrogen) atoms. The van der Waals surface area contributed by atoms with E-state index >= 15 is 0 Å². The quantitative estimate of drug-likeness (QED) is 0.500. The first-order chi connectivity index (χ1) is 5.57. The van der Waals surface area contributed by atoms with Crippen LogP contribution in [-0.4, -0.2) is 23.8 Å². The number of rotatable bonds is 2. The second-order valence-electron chi connectivity index (χ2n) is 2.79. The molecule has 0 aliphatic heterocycles. The van der Waals surface area contributed by atoms with Gasteiger partial charge in [0, 0.05) is 6.42 Å². The van der Waals surface area contributed by atoms with Gasteiger partial charge in [-0.1, -0.05) is 6.08 Å². The van der Waals surface area contributed by atoms with E-state index in [1.54, 1.807) is 19.2 Å². The first-order valence-electron chi connectivity index (χ1n) is 3.68. The molecule has 0 amide bonds. The summed E-state index contributed by atoms with van der Waals surface area (Å²) in [6, 6.07) is 0. The molecule has 4 N–H and O–H groups in total. The van der Waals surface area contributed by atoms with Gasteiger partial charge in [-0.15, -0.1) is 0 Å². The van der Waals surface area contributed by atoms with Gasteiger partial charge in [-0.25, -0.2) is 4.79 Å². The third-order valence-corrected chi connectivity index (χ3v) is 1.93. The van der Waals surface area contributed by atoms with Gasteiger partial charge < -0.3 is 10.8 Å². The van der Waals surface area contributed by atoms with E-state index in [4.69, 9.17) is 10.8 Å². The number of carboxylic acids is 1. The molecule has 1 rings (SSSR count). The molecule has 0 heterocycles. The van der Waals surface area contributed by atoms with Crippen LogP contribution < -0.4 is 11.1 Å². The van der Waals surface area contributed by atoms with E-state index in [-0.39, 0.29) is 0 Å². The van der Waals surface area contributed by atoms with Gasteiger partial charge >= 0.3 is 5.97 Å². The summed E-state index contributed by atoms with van der Waals surface area (Å²) < 4.78 is 0. The average molecular weight is 168 g/mol. The van der Waals surface area contributed by atoms with E-state index in [1.807, 2.05) is 0 Å². The maximum absolute atomic E-state index is 10.5. The van der Waals surface area contributed by atoms with Crippen LogP contribution in [0.1, 0.15) is 6.42 Å². The predicted molar refractivity (Wildman–Crippen MR) is 45.5 cm³/mol. The zero-order valence-electron chi connectivity index (χ0n) is 6.87. The van der Waals surface area contributed by atoms with Crippen LogP contribution in [0.2, 0.25) is 0 Å². The van der Waals surface area contributed by atoms with Gasteiger partial charge in [-0.3, -0.25) is 5.32 Å². The lowest BCUT2D eigenvalue weighted by atomic mass is 9.98. The highest BCUT2D eigenvalue weighted by atomic mass is 16.4. The van der Waals surface area contributed by atoms with E-state index < -0.39 is 11.6 Å². The topological polar surface area (TPSA) is 75.3 Å². The lowest BCUT2D eigenvalue weighted by Crippen LogP contribution is -2.50. The smallest absolute Gasteiger partial charge is 0.335 e. The van der Waals surface area contributed by atoms with E-state index in [2.05, 4.69) is 5.32 Å². The average Bonchev–Trinajstić information content (AvgIpc) is 2.05. The minimum Gasteiger partial charge on any atom is -0.478 e. The summed E-state index contributed by atoms with van der Waals surface area (Å²) in [6.45, 7) is 0. The van der Waals surface area contributed by atoms with Crippen LogP contribution in [0.5, 0.6) is 0 Å². The van der Waals surface area contributed by atoms with Crippen molar-refractivity contribution in [2.24, 2.45) is 5.73 Å². The van der Waals surface area contributed by atoms with Crippen LogP contribution in [0, 0.1) is 0 Å². The van der Waals surface area contributed by atoms with Gasteiger partial charge in [0.15, 0.2) is 0 Å². The first-order valence-corrected chi connectivity index (χ1v) is 3.68. The van der Waals surface area contributed by atoms with Crippen molar-refractivity contribution in [3.63, 3.8) is 0 Å². The van der Waals surface area contributed by atoms with E-state index in [1.165, 1.54) is 6.08 Å². The van der Waals surface area contributed by atoms with Gasteiger partial charge in [0.05, 0.1) is 11.2 Å². The van der Waals surface area contributed by atoms with Crippen LogP contribution in [0.25, 0.3) is 0 Å². The standard InChI is InChI=1S/C8H12N2O2/c1-10-8(9)4-2-6(3-5-8)7(11)12/h2-4,10H,5,9H2,1H3,(H,11,12).